The number of sulfonamides is 1. The summed E-state index contributed by atoms with van der Waals surface area (Å²) in [5.41, 5.74) is 0. The average molecular weight is 353 g/mol. The second kappa shape index (κ2) is 6.81. The van der Waals surface area contributed by atoms with E-state index in [9.17, 15) is 8.42 Å². The van der Waals surface area contributed by atoms with Crippen LogP contribution in [0.1, 0.15) is 33.6 Å². The summed E-state index contributed by atoms with van der Waals surface area (Å²) in [6, 6.07) is 0. The van der Waals surface area contributed by atoms with Gasteiger partial charge in [-0.05, 0) is 21.8 Å². The Hall–Kier alpha value is -0.470. The van der Waals surface area contributed by atoms with Crippen molar-refractivity contribution in [2.75, 3.05) is 13.1 Å². The van der Waals surface area contributed by atoms with E-state index in [0.29, 0.717) is 19.0 Å². The number of rotatable bonds is 7. The van der Waals surface area contributed by atoms with Crippen LogP contribution >= 0.6 is 15.9 Å². The van der Waals surface area contributed by atoms with Crippen LogP contribution in [0.15, 0.2) is 9.63 Å². The van der Waals surface area contributed by atoms with Crippen LogP contribution in [0.5, 0.6) is 0 Å². The summed E-state index contributed by atoms with van der Waals surface area (Å²) >= 11 is 3.15. The molecule has 8 heteroatoms. The zero-order valence-corrected chi connectivity index (χ0v) is 14.2. The first kappa shape index (κ1) is 16.6. The molecule has 110 valence electrons. The van der Waals surface area contributed by atoms with Gasteiger partial charge in [0.05, 0.1) is 0 Å². The molecule has 0 N–H and O–H groups in total. The van der Waals surface area contributed by atoms with E-state index in [4.69, 9.17) is 0 Å². The Morgan fingerprint density at radius 1 is 1.32 bits per heavy atom. The van der Waals surface area contributed by atoms with Gasteiger partial charge in [-0.25, -0.2) is 13.1 Å². The monoisotopic (exact) mass is 352 g/mol. The molecule has 0 radical (unpaired) electrons. The predicted octanol–water partition coefficient (Wildman–Crippen LogP) is 2.02. The van der Waals surface area contributed by atoms with Crippen LogP contribution in [-0.2, 0) is 17.1 Å². The molecule has 1 aromatic rings. The standard InChI is InChI=1S/C11H21BrN4O2S/c1-5-9(6-2)8-16(7-3)19(17,18)11-10(12)13-14-15(11)4/h9H,5-8H2,1-4H3. The quantitative estimate of drug-likeness (QED) is 0.752. The average Bonchev–Trinajstić information content (AvgIpc) is 2.70. The van der Waals surface area contributed by atoms with E-state index >= 15 is 0 Å². The highest BCUT2D eigenvalue weighted by atomic mass is 79.9. The molecule has 1 rings (SSSR count). The van der Waals surface area contributed by atoms with Crippen LogP contribution in [0.3, 0.4) is 0 Å². The maximum Gasteiger partial charge on any atom is 0.263 e. The maximum absolute atomic E-state index is 12.6. The van der Waals surface area contributed by atoms with Gasteiger partial charge in [-0.3, -0.25) is 0 Å². The Kier molecular flexibility index (Phi) is 5.94. The van der Waals surface area contributed by atoms with Crippen molar-refractivity contribution in [3.63, 3.8) is 0 Å². The van der Waals surface area contributed by atoms with Crippen LogP contribution in [0, 0.1) is 5.92 Å². The van der Waals surface area contributed by atoms with E-state index in [2.05, 4.69) is 40.1 Å². The van der Waals surface area contributed by atoms with E-state index in [1.54, 1.807) is 7.05 Å². The third kappa shape index (κ3) is 3.55. The maximum atomic E-state index is 12.6. The molecule has 1 aromatic heterocycles. The summed E-state index contributed by atoms with van der Waals surface area (Å²) in [6.45, 7) is 6.98. The van der Waals surface area contributed by atoms with Crippen molar-refractivity contribution in [2.45, 2.75) is 38.6 Å². The normalized spacial score (nSPS) is 12.6. The Balaban J connectivity index is 3.09. The molecule has 0 bridgehead atoms. The highest BCUT2D eigenvalue weighted by Crippen LogP contribution is 2.23. The molecule has 0 atom stereocenters. The van der Waals surface area contributed by atoms with Crippen molar-refractivity contribution in [3.05, 3.63) is 4.60 Å². The van der Waals surface area contributed by atoms with Crippen LogP contribution in [0.4, 0.5) is 0 Å². The lowest BCUT2D eigenvalue weighted by molar-refractivity contribution is 0.336. The van der Waals surface area contributed by atoms with E-state index in [0.717, 1.165) is 12.8 Å². The first-order valence-corrected chi connectivity index (χ1v) is 8.67. The molecule has 6 nitrogen and oxygen atoms in total. The molecule has 0 spiro atoms. The first-order chi connectivity index (χ1) is 8.88. The first-order valence-electron chi connectivity index (χ1n) is 6.43. The third-order valence-electron chi connectivity index (χ3n) is 3.29. The number of nitrogens with zero attached hydrogens (tertiary/aromatic N) is 4. The summed E-state index contributed by atoms with van der Waals surface area (Å²) in [5, 5.41) is 7.59. The van der Waals surface area contributed by atoms with Crippen LogP contribution in [0.2, 0.25) is 0 Å². The summed E-state index contributed by atoms with van der Waals surface area (Å²) in [5.74, 6) is 0.370. The minimum absolute atomic E-state index is 0.111. The molecule has 0 saturated carbocycles. The predicted molar refractivity (Wildman–Crippen MR) is 77.2 cm³/mol. The van der Waals surface area contributed by atoms with Crippen molar-refractivity contribution in [1.29, 1.82) is 0 Å². The second-order valence-corrected chi connectivity index (χ2v) is 7.05. The van der Waals surface area contributed by atoms with E-state index in [1.165, 1.54) is 8.99 Å². The van der Waals surface area contributed by atoms with Gasteiger partial charge in [0.15, 0.2) is 4.60 Å². The molecule has 0 unspecified atom stereocenters. The van der Waals surface area contributed by atoms with Gasteiger partial charge >= 0.3 is 0 Å². The molecule has 0 saturated heterocycles. The van der Waals surface area contributed by atoms with Crippen molar-refractivity contribution in [2.24, 2.45) is 13.0 Å². The lowest BCUT2D eigenvalue weighted by atomic mass is 10.0. The van der Waals surface area contributed by atoms with Gasteiger partial charge in [0, 0.05) is 20.1 Å². The Morgan fingerprint density at radius 2 is 1.89 bits per heavy atom. The summed E-state index contributed by atoms with van der Waals surface area (Å²) in [6.07, 6.45) is 1.93. The Bertz CT molecular complexity index is 491. The van der Waals surface area contributed by atoms with E-state index in [1.807, 2.05) is 6.92 Å². The topological polar surface area (TPSA) is 68.1 Å². The molecule has 0 aliphatic carbocycles. The van der Waals surface area contributed by atoms with Crippen LogP contribution in [0.25, 0.3) is 0 Å². The molecule has 1 heterocycles. The zero-order valence-electron chi connectivity index (χ0n) is 11.8. The van der Waals surface area contributed by atoms with Crippen molar-refractivity contribution in [1.82, 2.24) is 19.3 Å². The highest BCUT2D eigenvalue weighted by molar-refractivity contribution is 9.10. The SMILES string of the molecule is CCC(CC)CN(CC)S(=O)(=O)c1c(Br)nnn1C. The lowest BCUT2D eigenvalue weighted by Crippen LogP contribution is -2.36. The van der Waals surface area contributed by atoms with Crippen LogP contribution < -0.4 is 0 Å². The second-order valence-electron chi connectivity index (χ2n) is 4.45. The fraction of sp³-hybridized carbons (Fsp3) is 0.818. The fourth-order valence-corrected chi connectivity index (χ4v) is 4.51. The summed E-state index contributed by atoms with van der Waals surface area (Å²) in [7, 11) is -1.98. The highest BCUT2D eigenvalue weighted by Gasteiger charge is 2.30. The number of aromatic nitrogens is 3. The number of aryl methyl sites for hydroxylation is 1. The fourth-order valence-electron chi connectivity index (χ4n) is 1.95. The van der Waals surface area contributed by atoms with Crippen molar-refractivity contribution in [3.8, 4) is 0 Å². The van der Waals surface area contributed by atoms with Crippen molar-refractivity contribution >= 4 is 26.0 Å². The van der Waals surface area contributed by atoms with E-state index < -0.39 is 10.0 Å². The third-order valence-corrected chi connectivity index (χ3v) is 6.12. The molecule has 0 aliphatic heterocycles. The van der Waals surface area contributed by atoms with Crippen LogP contribution in [-0.4, -0.2) is 40.8 Å². The minimum Gasteiger partial charge on any atom is -0.235 e. The molecule has 0 fully saturated rings. The van der Waals surface area contributed by atoms with Gasteiger partial charge in [0.2, 0.25) is 5.03 Å². The molecular weight excluding hydrogens is 332 g/mol. The van der Waals surface area contributed by atoms with Gasteiger partial charge in [-0.15, -0.1) is 5.10 Å². The number of hydrogen-bond donors (Lipinski definition) is 0. The van der Waals surface area contributed by atoms with Gasteiger partial charge < -0.3 is 0 Å². The molecular formula is C11H21BrN4O2S. The van der Waals surface area contributed by atoms with Gasteiger partial charge in [0.25, 0.3) is 10.0 Å². The van der Waals surface area contributed by atoms with Crippen molar-refractivity contribution < 1.29 is 8.42 Å². The zero-order chi connectivity index (χ0) is 14.6. The molecule has 0 aliphatic rings. The molecule has 0 amide bonds. The van der Waals surface area contributed by atoms with Gasteiger partial charge in [0.1, 0.15) is 0 Å². The van der Waals surface area contributed by atoms with Gasteiger partial charge in [-0.1, -0.05) is 38.8 Å². The van der Waals surface area contributed by atoms with Gasteiger partial charge in [-0.2, -0.15) is 4.31 Å². The smallest absolute Gasteiger partial charge is 0.235 e. The Labute approximate surface area is 123 Å². The molecule has 19 heavy (non-hydrogen) atoms. The Morgan fingerprint density at radius 3 is 2.26 bits per heavy atom. The summed E-state index contributed by atoms with van der Waals surface area (Å²) in [4.78, 5) is 0. The number of hydrogen-bond acceptors (Lipinski definition) is 4. The van der Waals surface area contributed by atoms with E-state index in [-0.39, 0.29) is 9.63 Å². The minimum atomic E-state index is -3.56. The largest absolute Gasteiger partial charge is 0.263 e. The molecule has 0 aromatic carbocycles. The number of halogens is 1. The lowest BCUT2D eigenvalue weighted by Gasteiger charge is -2.24. The summed E-state index contributed by atoms with van der Waals surface area (Å²) < 4.78 is 28.3.